The molecule has 6 nitrogen and oxygen atoms in total. The third kappa shape index (κ3) is 5.21. The zero-order valence-electron chi connectivity index (χ0n) is 12.0. The summed E-state index contributed by atoms with van der Waals surface area (Å²) in [7, 11) is 0. The molecule has 19 heavy (non-hydrogen) atoms. The van der Waals surface area contributed by atoms with E-state index < -0.39 is 0 Å². The van der Waals surface area contributed by atoms with Crippen LogP contribution in [0.25, 0.3) is 0 Å². The number of aromatic nitrogens is 2. The quantitative estimate of drug-likeness (QED) is 0.781. The highest BCUT2D eigenvalue weighted by molar-refractivity contribution is 5.92. The first-order valence-electron chi connectivity index (χ1n) is 6.48. The van der Waals surface area contributed by atoms with E-state index in [4.69, 9.17) is 4.74 Å². The van der Waals surface area contributed by atoms with Gasteiger partial charge in [-0.3, -0.25) is 4.79 Å². The van der Waals surface area contributed by atoms with Gasteiger partial charge in [-0.2, -0.15) is 0 Å². The van der Waals surface area contributed by atoms with Crippen molar-refractivity contribution in [3.05, 3.63) is 17.8 Å². The molecule has 0 aliphatic heterocycles. The van der Waals surface area contributed by atoms with E-state index in [2.05, 4.69) is 20.8 Å². The standard InChI is InChI=1S/C13H22N4O2/c1-5-14-12(18)10-7-8-11(17-16-10)15-9-13(3,4)19-6-2/h7-8H,5-6,9H2,1-4H3,(H,14,18)(H,15,17). The molecular formula is C13H22N4O2. The van der Waals surface area contributed by atoms with Gasteiger partial charge in [-0.1, -0.05) is 0 Å². The minimum absolute atomic E-state index is 0.212. The van der Waals surface area contributed by atoms with E-state index in [1.54, 1.807) is 12.1 Å². The number of anilines is 1. The molecule has 0 fully saturated rings. The molecule has 0 atom stereocenters. The van der Waals surface area contributed by atoms with E-state index in [0.717, 1.165) is 0 Å². The van der Waals surface area contributed by atoms with Crippen LogP contribution in [-0.2, 0) is 4.74 Å². The summed E-state index contributed by atoms with van der Waals surface area (Å²) in [6.07, 6.45) is 0. The fraction of sp³-hybridized carbons (Fsp3) is 0.615. The maximum Gasteiger partial charge on any atom is 0.271 e. The Labute approximate surface area is 113 Å². The minimum atomic E-state index is -0.269. The summed E-state index contributed by atoms with van der Waals surface area (Å²) in [5.41, 5.74) is 0.0470. The molecule has 1 amide bonds. The lowest BCUT2D eigenvalue weighted by Crippen LogP contribution is -2.33. The Bertz CT molecular complexity index is 404. The van der Waals surface area contributed by atoms with Crippen molar-refractivity contribution >= 4 is 11.7 Å². The van der Waals surface area contributed by atoms with Gasteiger partial charge in [0.1, 0.15) is 5.82 Å². The van der Waals surface area contributed by atoms with E-state index in [9.17, 15) is 4.79 Å². The van der Waals surface area contributed by atoms with Crippen molar-refractivity contribution in [3.8, 4) is 0 Å². The number of nitrogens with zero attached hydrogens (tertiary/aromatic N) is 2. The number of carbonyl (C=O) groups excluding carboxylic acids is 1. The van der Waals surface area contributed by atoms with Crippen molar-refractivity contribution in [2.45, 2.75) is 33.3 Å². The van der Waals surface area contributed by atoms with Crippen molar-refractivity contribution in [1.82, 2.24) is 15.5 Å². The molecule has 1 heterocycles. The average molecular weight is 266 g/mol. The maximum absolute atomic E-state index is 11.5. The van der Waals surface area contributed by atoms with Crippen LogP contribution in [0.2, 0.25) is 0 Å². The predicted molar refractivity (Wildman–Crippen MR) is 74.2 cm³/mol. The third-order valence-electron chi connectivity index (χ3n) is 2.46. The van der Waals surface area contributed by atoms with Crippen molar-refractivity contribution in [3.63, 3.8) is 0 Å². The van der Waals surface area contributed by atoms with E-state index >= 15 is 0 Å². The molecule has 0 aliphatic carbocycles. The second-order valence-corrected chi connectivity index (χ2v) is 4.71. The molecule has 1 rings (SSSR count). The first kappa shape index (κ1) is 15.4. The Balaban J connectivity index is 2.55. The molecule has 0 radical (unpaired) electrons. The summed E-state index contributed by atoms with van der Waals surface area (Å²) < 4.78 is 5.57. The highest BCUT2D eigenvalue weighted by Gasteiger charge is 2.17. The molecule has 106 valence electrons. The Morgan fingerprint density at radius 1 is 1.32 bits per heavy atom. The number of hydrogen-bond donors (Lipinski definition) is 2. The molecule has 6 heteroatoms. The summed E-state index contributed by atoms with van der Waals surface area (Å²) >= 11 is 0. The van der Waals surface area contributed by atoms with Crippen LogP contribution in [0, 0.1) is 0 Å². The van der Waals surface area contributed by atoms with Crippen LogP contribution in [0.5, 0.6) is 0 Å². The summed E-state index contributed by atoms with van der Waals surface area (Å²) in [5, 5.41) is 13.7. The lowest BCUT2D eigenvalue weighted by Gasteiger charge is -2.24. The Morgan fingerprint density at radius 3 is 2.58 bits per heavy atom. The zero-order valence-corrected chi connectivity index (χ0v) is 12.0. The van der Waals surface area contributed by atoms with Gasteiger partial charge in [-0.25, -0.2) is 0 Å². The third-order valence-corrected chi connectivity index (χ3v) is 2.46. The number of hydrogen-bond acceptors (Lipinski definition) is 5. The van der Waals surface area contributed by atoms with Crippen LogP contribution in [-0.4, -0.2) is 41.4 Å². The fourth-order valence-corrected chi connectivity index (χ4v) is 1.54. The van der Waals surface area contributed by atoms with Gasteiger partial charge in [0.15, 0.2) is 5.69 Å². The van der Waals surface area contributed by atoms with Gasteiger partial charge in [-0.05, 0) is 39.8 Å². The zero-order chi connectivity index (χ0) is 14.3. The second kappa shape index (κ2) is 7.04. The molecule has 0 aliphatic rings. The van der Waals surface area contributed by atoms with Crippen molar-refractivity contribution < 1.29 is 9.53 Å². The predicted octanol–water partition coefficient (Wildman–Crippen LogP) is 1.45. The molecule has 0 unspecified atom stereocenters. The lowest BCUT2D eigenvalue weighted by molar-refractivity contribution is 0.000627. The van der Waals surface area contributed by atoms with Gasteiger partial charge in [0.25, 0.3) is 5.91 Å². The molecule has 0 spiro atoms. The van der Waals surface area contributed by atoms with Crippen LogP contribution in [0.4, 0.5) is 5.82 Å². The second-order valence-electron chi connectivity index (χ2n) is 4.71. The first-order valence-corrected chi connectivity index (χ1v) is 6.48. The van der Waals surface area contributed by atoms with Crippen LogP contribution in [0.1, 0.15) is 38.2 Å². The van der Waals surface area contributed by atoms with Gasteiger partial charge in [-0.15, -0.1) is 10.2 Å². The van der Waals surface area contributed by atoms with E-state index in [1.165, 1.54) is 0 Å². The van der Waals surface area contributed by atoms with Gasteiger partial charge in [0.05, 0.1) is 5.60 Å². The Morgan fingerprint density at radius 2 is 2.05 bits per heavy atom. The maximum atomic E-state index is 11.5. The van der Waals surface area contributed by atoms with Gasteiger partial charge >= 0.3 is 0 Å². The van der Waals surface area contributed by atoms with Crippen molar-refractivity contribution in [1.29, 1.82) is 0 Å². The number of ether oxygens (including phenoxy) is 1. The minimum Gasteiger partial charge on any atom is -0.374 e. The van der Waals surface area contributed by atoms with Crippen LogP contribution < -0.4 is 10.6 Å². The van der Waals surface area contributed by atoms with Gasteiger partial charge in [0.2, 0.25) is 0 Å². The van der Waals surface area contributed by atoms with Crippen molar-refractivity contribution in [2.24, 2.45) is 0 Å². The van der Waals surface area contributed by atoms with E-state index in [1.807, 2.05) is 27.7 Å². The van der Waals surface area contributed by atoms with E-state index in [0.29, 0.717) is 31.2 Å². The smallest absolute Gasteiger partial charge is 0.271 e. The monoisotopic (exact) mass is 266 g/mol. The summed E-state index contributed by atoms with van der Waals surface area (Å²) in [6.45, 7) is 9.68. The summed E-state index contributed by atoms with van der Waals surface area (Å²) in [5.74, 6) is 0.414. The Hall–Kier alpha value is -1.69. The fourth-order valence-electron chi connectivity index (χ4n) is 1.54. The molecule has 1 aromatic rings. The highest BCUT2D eigenvalue weighted by Crippen LogP contribution is 2.10. The Kier molecular flexibility index (Phi) is 5.69. The number of amides is 1. The van der Waals surface area contributed by atoms with Crippen LogP contribution >= 0.6 is 0 Å². The first-order chi connectivity index (χ1) is 8.98. The van der Waals surface area contributed by atoms with Crippen LogP contribution in [0.15, 0.2) is 12.1 Å². The molecule has 0 aromatic carbocycles. The molecule has 0 saturated heterocycles. The molecule has 0 bridgehead atoms. The van der Waals surface area contributed by atoms with Gasteiger partial charge in [0, 0.05) is 19.7 Å². The number of nitrogens with one attached hydrogen (secondary N) is 2. The average Bonchev–Trinajstić information content (AvgIpc) is 2.37. The van der Waals surface area contributed by atoms with Crippen molar-refractivity contribution in [2.75, 3.05) is 25.0 Å². The SMILES string of the molecule is CCNC(=O)c1ccc(NCC(C)(C)OCC)nn1. The number of carbonyl (C=O) groups is 1. The molecular weight excluding hydrogens is 244 g/mol. The molecule has 2 N–H and O–H groups in total. The van der Waals surface area contributed by atoms with Crippen LogP contribution in [0.3, 0.4) is 0 Å². The summed E-state index contributed by atoms with van der Waals surface area (Å²) in [6, 6.07) is 3.38. The normalized spacial score (nSPS) is 11.2. The topological polar surface area (TPSA) is 76.1 Å². The molecule has 1 aromatic heterocycles. The largest absolute Gasteiger partial charge is 0.374 e. The van der Waals surface area contributed by atoms with E-state index in [-0.39, 0.29) is 11.5 Å². The summed E-state index contributed by atoms with van der Waals surface area (Å²) in [4.78, 5) is 11.5. The highest BCUT2D eigenvalue weighted by atomic mass is 16.5. The number of rotatable bonds is 7. The van der Waals surface area contributed by atoms with Gasteiger partial charge < -0.3 is 15.4 Å². The lowest BCUT2D eigenvalue weighted by atomic mass is 10.1. The molecule has 0 saturated carbocycles.